The molecule has 0 bridgehead atoms. The Morgan fingerprint density at radius 1 is 0.968 bits per heavy atom. The molecule has 162 valence electrons. The van der Waals surface area contributed by atoms with Crippen LogP contribution in [0.25, 0.3) is 0 Å². The van der Waals surface area contributed by atoms with E-state index in [0.29, 0.717) is 36.9 Å². The van der Waals surface area contributed by atoms with Crippen LogP contribution < -0.4 is 20.7 Å². The first kappa shape index (κ1) is 22.0. The first-order valence-corrected chi connectivity index (χ1v) is 10.5. The minimum absolute atomic E-state index is 0.124. The molecule has 2 heterocycles. The number of carbonyl (C=O) groups is 1. The fraction of sp³-hybridized carbons (Fsp3) is 0.304. The fourth-order valence-corrected chi connectivity index (χ4v) is 2.79. The quantitative estimate of drug-likeness (QED) is 0.380. The van der Waals surface area contributed by atoms with Crippen molar-refractivity contribution in [3.05, 3.63) is 66.5 Å². The minimum atomic E-state index is -0.124. The first-order valence-electron chi connectivity index (χ1n) is 10.5. The molecule has 0 spiro atoms. The number of ether oxygens (including phenoxy) is 1. The molecule has 0 aliphatic carbocycles. The van der Waals surface area contributed by atoms with Gasteiger partial charge in [0.15, 0.2) is 5.82 Å². The van der Waals surface area contributed by atoms with Crippen molar-refractivity contribution in [2.75, 3.05) is 30.3 Å². The van der Waals surface area contributed by atoms with Crippen LogP contribution >= 0.6 is 0 Å². The van der Waals surface area contributed by atoms with Crippen molar-refractivity contribution >= 4 is 23.2 Å². The molecule has 0 fully saturated rings. The van der Waals surface area contributed by atoms with Gasteiger partial charge >= 0.3 is 0 Å². The van der Waals surface area contributed by atoms with Crippen LogP contribution in [-0.2, 0) is 0 Å². The molecule has 0 unspecified atom stereocenters. The van der Waals surface area contributed by atoms with E-state index >= 15 is 0 Å². The van der Waals surface area contributed by atoms with E-state index in [-0.39, 0.29) is 5.91 Å². The zero-order chi connectivity index (χ0) is 21.7. The smallest absolute Gasteiger partial charge is 0.251 e. The van der Waals surface area contributed by atoms with Gasteiger partial charge < -0.3 is 20.7 Å². The normalized spacial score (nSPS) is 10.4. The number of benzene rings is 1. The van der Waals surface area contributed by atoms with E-state index in [4.69, 9.17) is 4.74 Å². The van der Waals surface area contributed by atoms with Gasteiger partial charge in [-0.3, -0.25) is 9.78 Å². The first-order chi connectivity index (χ1) is 15.2. The summed E-state index contributed by atoms with van der Waals surface area (Å²) in [7, 11) is 0. The average Bonchev–Trinajstić information content (AvgIpc) is 2.81. The SMILES string of the molecule is CCCCCOc1ccc(C(=O)NCCNc2ccc(Nc3cccnc3)nn2)cc1. The summed E-state index contributed by atoms with van der Waals surface area (Å²) in [4.78, 5) is 16.3. The molecule has 0 atom stereocenters. The Balaban J connectivity index is 1.36. The van der Waals surface area contributed by atoms with Crippen LogP contribution in [0.4, 0.5) is 17.3 Å². The van der Waals surface area contributed by atoms with Gasteiger partial charge in [-0.1, -0.05) is 19.8 Å². The second kappa shape index (κ2) is 12.1. The topological polar surface area (TPSA) is 101 Å². The van der Waals surface area contributed by atoms with Gasteiger partial charge in [0.25, 0.3) is 5.91 Å². The number of hydrogen-bond acceptors (Lipinski definition) is 7. The highest BCUT2D eigenvalue weighted by molar-refractivity contribution is 5.94. The Morgan fingerprint density at radius 2 is 1.77 bits per heavy atom. The average molecular weight is 421 g/mol. The number of nitrogens with zero attached hydrogens (tertiary/aromatic N) is 3. The lowest BCUT2D eigenvalue weighted by atomic mass is 10.2. The number of nitrogens with one attached hydrogen (secondary N) is 3. The van der Waals surface area contributed by atoms with Crippen LogP contribution in [-0.4, -0.2) is 40.8 Å². The highest BCUT2D eigenvalue weighted by Crippen LogP contribution is 2.14. The van der Waals surface area contributed by atoms with Gasteiger partial charge in [0.1, 0.15) is 11.6 Å². The molecular weight excluding hydrogens is 392 g/mol. The predicted octanol–water partition coefficient (Wildman–Crippen LogP) is 4.03. The van der Waals surface area contributed by atoms with Gasteiger partial charge in [0, 0.05) is 24.8 Å². The molecule has 0 radical (unpaired) electrons. The van der Waals surface area contributed by atoms with E-state index in [1.165, 1.54) is 6.42 Å². The van der Waals surface area contributed by atoms with Crippen molar-refractivity contribution in [2.45, 2.75) is 26.2 Å². The Bertz CT molecular complexity index is 917. The number of anilines is 3. The lowest BCUT2D eigenvalue weighted by Gasteiger charge is -2.09. The fourth-order valence-electron chi connectivity index (χ4n) is 2.79. The second-order valence-electron chi connectivity index (χ2n) is 6.93. The number of unbranched alkanes of at least 4 members (excludes halogenated alkanes) is 2. The largest absolute Gasteiger partial charge is 0.494 e. The van der Waals surface area contributed by atoms with Crippen LogP contribution in [0.2, 0.25) is 0 Å². The summed E-state index contributed by atoms with van der Waals surface area (Å²) in [6, 6.07) is 14.6. The Labute approximate surface area is 182 Å². The van der Waals surface area contributed by atoms with Gasteiger partial charge in [-0.05, 0) is 55.0 Å². The maximum absolute atomic E-state index is 12.3. The third-order valence-electron chi connectivity index (χ3n) is 4.45. The summed E-state index contributed by atoms with van der Waals surface area (Å²) in [5.74, 6) is 1.93. The van der Waals surface area contributed by atoms with Gasteiger partial charge in [-0.25, -0.2) is 0 Å². The second-order valence-corrected chi connectivity index (χ2v) is 6.93. The molecule has 8 heteroatoms. The molecule has 0 saturated heterocycles. The van der Waals surface area contributed by atoms with Crippen molar-refractivity contribution in [1.82, 2.24) is 20.5 Å². The Kier molecular flexibility index (Phi) is 8.60. The summed E-state index contributed by atoms with van der Waals surface area (Å²) in [5, 5.41) is 17.4. The zero-order valence-corrected chi connectivity index (χ0v) is 17.7. The molecule has 1 amide bonds. The molecule has 0 aliphatic heterocycles. The molecule has 3 rings (SSSR count). The third kappa shape index (κ3) is 7.58. The Hall–Kier alpha value is -3.68. The summed E-state index contributed by atoms with van der Waals surface area (Å²) < 4.78 is 5.67. The predicted molar refractivity (Wildman–Crippen MR) is 122 cm³/mol. The monoisotopic (exact) mass is 420 g/mol. The third-order valence-corrected chi connectivity index (χ3v) is 4.45. The van der Waals surface area contributed by atoms with Crippen LogP contribution in [0.3, 0.4) is 0 Å². The van der Waals surface area contributed by atoms with Crippen molar-refractivity contribution in [3.63, 3.8) is 0 Å². The van der Waals surface area contributed by atoms with Gasteiger partial charge in [-0.15, -0.1) is 10.2 Å². The molecule has 1 aromatic carbocycles. The van der Waals surface area contributed by atoms with E-state index in [2.05, 4.69) is 38.1 Å². The summed E-state index contributed by atoms with van der Waals surface area (Å²) in [6.45, 7) is 3.86. The van der Waals surface area contributed by atoms with Gasteiger partial charge in [0.2, 0.25) is 0 Å². The van der Waals surface area contributed by atoms with E-state index in [1.54, 1.807) is 24.5 Å². The molecule has 3 N–H and O–H groups in total. The number of hydrogen-bond donors (Lipinski definition) is 3. The zero-order valence-electron chi connectivity index (χ0n) is 17.7. The molecule has 2 aromatic heterocycles. The number of aromatic nitrogens is 3. The summed E-state index contributed by atoms with van der Waals surface area (Å²) in [6.07, 6.45) is 6.79. The number of carbonyl (C=O) groups excluding carboxylic acids is 1. The maximum Gasteiger partial charge on any atom is 0.251 e. The number of amides is 1. The summed E-state index contributed by atoms with van der Waals surface area (Å²) in [5.41, 5.74) is 1.45. The van der Waals surface area contributed by atoms with E-state index in [1.807, 2.05) is 36.4 Å². The number of pyridine rings is 1. The van der Waals surface area contributed by atoms with Crippen molar-refractivity contribution in [1.29, 1.82) is 0 Å². The number of rotatable bonds is 12. The van der Waals surface area contributed by atoms with E-state index in [9.17, 15) is 4.79 Å². The molecule has 0 saturated carbocycles. The van der Waals surface area contributed by atoms with E-state index < -0.39 is 0 Å². The molecule has 0 aliphatic rings. The molecule has 3 aromatic rings. The van der Waals surface area contributed by atoms with Crippen LogP contribution in [0.5, 0.6) is 5.75 Å². The standard InChI is InChI=1S/C23H28N6O2/c1-2-3-4-16-31-20-9-7-18(8-10-20)23(30)26-15-14-25-21-11-12-22(29-28-21)27-19-6-5-13-24-17-19/h5-13,17H,2-4,14-16H2,1H3,(H,25,28)(H,26,30)(H,27,29). The van der Waals surface area contributed by atoms with Crippen LogP contribution in [0, 0.1) is 0 Å². The van der Waals surface area contributed by atoms with Gasteiger partial charge in [-0.2, -0.15) is 0 Å². The van der Waals surface area contributed by atoms with Crippen molar-refractivity contribution < 1.29 is 9.53 Å². The van der Waals surface area contributed by atoms with Crippen molar-refractivity contribution in [3.8, 4) is 5.75 Å². The highest BCUT2D eigenvalue weighted by Gasteiger charge is 2.05. The van der Waals surface area contributed by atoms with E-state index in [0.717, 1.165) is 24.3 Å². The van der Waals surface area contributed by atoms with Crippen LogP contribution in [0.1, 0.15) is 36.5 Å². The maximum atomic E-state index is 12.3. The van der Waals surface area contributed by atoms with Gasteiger partial charge in [0.05, 0.1) is 18.5 Å². The molecule has 31 heavy (non-hydrogen) atoms. The molecular formula is C23H28N6O2. The minimum Gasteiger partial charge on any atom is -0.494 e. The lowest BCUT2D eigenvalue weighted by Crippen LogP contribution is -2.28. The lowest BCUT2D eigenvalue weighted by molar-refractivity contribution is 0.0955. The molecule has 8 nitrogen and oxygen atoms in total. The summed E-state index contributed by atoms with van der Waals surface area (Å²) >= 11 is 0. The highest BCUT2D eigenvalue weighted by atomic mass is 16.5. The van der Waals surface area contributed by atoms with Crippen LogP contribution in [0.15, 0.2) is 60.9 Å². The van der Waals surface area contributed by atoms with Crippen molar-refractivity contribution in [2.24, 2.45) is 0 Å². The Morgan fingerprint density at radius 3 is 2.48 bits per heavy atom.